The lowest BCUT2D eigenvalue weighted by Crippen LogP contribution is -2.15. The number of carbonyl (C=O) groups excluding carboxylic acids is 1. The topological polar surface area (TPSA) is 55.1 Å². The molecule has 5 heteroatoms. The summed E-state index contributed by atoms with van der Waals surface area (Å²) < 4.78 is 0. The van der Waals surface area contributed by atoms with Gasteiger partial charge in [-0.15, -0.1) is 0 Å². The summed E-state index contributed by atoms with van der Waals surface area (Å²) in [6.07, 6.45) is 0. The fourth-order valence-electron chi connectivity index (χ4n) is 1.70. The van der Waals surface area contributed by atoms with E-state index in [0.717, 1.165) is 5.56 Å². The second-order valence-electron chi connectivity index (χ2n) is 3.94. The Bertz CT molecular complexity index is 614. The molecule has 0 atom stereocenters. The molecule has 0 radical (unpaired) electrons. The van der Waals surface area contributed by atoms with Crippen molar-refractivity contribution < 1.29 is 4.79 Å². The van der Waals surface area contributed by atoms with E-state index in [1.54, 1.807) is 30.3 Å². The van der Waals surface area contributed by atoms with E-state index in [0.29, 0.717) is 27.8 Å². The third-order valence-corrected chi connectivity index (χ3v) is 3.21. The molecule has 0 saturated carbocycles. The number of nitrogens with one attached hydrogen (secondary N) is 1. The molecule has 3 N–H and O–H groups in total. The molecule has 0 spiro atoms. The van der Waals surface area contributed by atoms with Crippen LogP contribution in [0.5, 0.6) is 0 Å². The smallest absolute Gasteiger partial charge is 0.256 e. The van der Waals surface area contributed by atoms with E-state index in [9.17, 15) is 4.79 Å². The van der Waals surface area contributed by atoms with Gasteiger partial charge in [0.2, 0.25) is 0 Å². The van der Waals surface area contributed by atoms with Gasteiger partial charge in [0.1, 0.15) is 0 Å². The van der Waals surface area contributed by atoms with E-state index >= 15 is 0 Å². The van der Waals surface area contributed by atoms with E-state index in [4.69, 9.17) is 28.9 Å². The van der Waals surface area contributed by atoms with Crippen LogP contribution in [0.4, 0.5) is 5.69 Å². The summed E-state index contributed by atoms with van der Waals surface area (Å²) in [5.41, 5.74) is 7.45. The normalized spacial score (nSPS) is 10.3. The quantitative estimate of drug-likeness (QED) is 0.907. The number of halogens is 2. The lowest BCUT2D eigenvalue weighted by Gasteiger charge is -2.10. The number of nitrogens with two attached hydrogens (primary N) is 1. The average Bonchev–Trinajstić information content (AvgIpc) is 2.41. The van der Waals surface area contributed by atoms with Gasteiger partial charge in [0, 0.05) is 17.1 Å². The van der Waals surface area contributed by atoms with Gasteiger partial charge in [-0.1, -0.05) is 41.4 Å². The summed E-state index contributed by atoms with van der Waals surface area (Å²) >= 11 is 11.8. The molecular formula is C14H12Cl2N2O. The highest BCUT2D eigenvalue weighted by atomic mass is 35.5. The molecule has 0 heterocycles. The maximum absolute atomic E-state index is 12.2. The molecular weight excluding hydrogens is 283 g/mol. The van der Waals surface area contributed by atoms with Crippen molar-refractivity contribution in [2.45, 2.75) is 6.54 Å². The van der Waals surface area contributed by atoms with E-state index < -0.39 is 0 Å². The second kappa shape index (κ2) is 6.06. The zero-order valence-corrected chi connectivity index (χ0v) is 11.5. The SMILES string of the molecule is NCc1ccccc1C(=O)Nc1ccc(Cl)cc1Cl. The Morgan fingerprint density at radius 3 is 2.58 bits per heavy atom. The molecule has 1 amide bonds. The minimum absolute atomic E-state index is 0.245. The number of benzene rings is 2. The third kappa shape index (κ3) is 3.26. The van der Waals surface area contributed by atoms with E-state index in [1.165, 1.54) is 0 Å². The molecule has 98 valence electrons. The molecule has 0 aliphatic carbocycles. The van der Waals surface area contributed by atoms with Gasteiger partial charge in [-0.25, -0.2) is 0 Å². The monoisotopic (exact) mass is 294 g/mol. The first-order valence-corrected chi connectivity index (χ1v) is 6.42. The Hall–Kier alpha value is -1.55. The molecule has 0 aliphatic rings. The summed E-state index contributed by atoms with van der Waals surface area (Å²) in [6, 6.07) is 12.1. The molecule has 0 aromatic heterocycles. The Morgan fingerprint density at radius 1 is 1.16 bits per heavy atom. The van der Waals surface area contributed by atoms with Gasteiger partial charge in [0.05, 0.1) is 10.7 Å². The molecule has 3 nitrogen and oxygen atoms in total. The van der Waals surface area contributed by atoms with Crippen LogP contribution < -0.4 is 11.1 Å². The summed E-state index contributed by atoms with van der Waals surface area (Å²) in [6.45, 7) is 0.304. The number of carbonyl (C=O) groups is 1. The third-order valence-electron chi connectivity index (χ3n) is 2.66. The predicted octanol–water partition coefficient (Wildman–Crippen LogP) is 3.70. The lowest BCUT2D eigenvalue weighted by molar-refractivity contribution is 0.102. The Labute approximate surface area is 121 Å². The van der Waals surface area contributed by atoms with Gasteiger partial charge in [-0.05, 0) is 29.8 Å². The highest BCUT2D eigenvalue weighted by Crippen LogP contribution is 2.26. The van der Waals surface area contributed by atoms with Gasteiger partial charge in [0.15, 0.2) is 0 Å². The zero-order chi connectivity index (χ0) is 13.8. The van der Waals surface area contributed by atoms with Gasteiger partial charge in [0.25, 0.3) is 5.91 Å². The molecule has 2 aromatic carbocycles. The van der Waals surface area contributed by atoms with Crippen molar-refractivity contribution >= 4 is 34.8 Å². The molecule has 19 heavy (non-hydrogen) atoms. The van der Waals surface area contributed by atoms with Crippen molar-refractivity contribution in [3.8, 4) is 0 Å². The van der Waals surface area contributed by atoms with Crippen molar-refractivity contribution in [2.75, 3.05) is 5.32 Å². The molecule has 0 unspecified atom stereocenters. The van der Waals surface area contributed by atoms with Gasteiger partial charge >= 0.3 is 0 Å². The van der Waals surface area contributed by atoms with E-state index in [1.807, 2.05) is 12.1 Å². The predicted molar refractivity (Wildman–Crippen MR) is 78.7 cm³/mol. The fourth-order valence-corrected chi connectivity index (χ4v) is 2.16. The fraction of sp³-hybridized carbons (Fsp3) is 0.0714. The van der Waals surface area contributed by atoms with Gasteiger partial charge < -0.3 is 11.1 Å². The minimum atomic E-state index is -0.245. The maximum Gasteiger partial charge on any atom is 0.256 e. The van der Waals surface area contributed by atoms with Crippen LogP contribution in [-0.2, 0) is 6.54 Å². The number of amides is 1. The Balaban J connectivity index is 2.26. The van der Waals surface area contributed by atoms with Crippen LogP contribution in [0, 0.1) is 0 Å². The number of rotatable bonds is 3. The average molecular weight is 295 g/mol. The van der Waals surface area contributed by atoms with Crippen LogP contribution in [0.2, 0.25) is 10.0 Å². The molecule has 2 aromatic rings. The Kier molecular flexibility index (Phi) is 4.43. The lowest BCUT2D eigenvalue weighted by atomic mass is 10.1. The molecule has 0 aliphatic heterocycles. The van der Waals surface area contributed by atoms with Crippen LogP contribution >= 0.6 is 23.2 Å². The van der Waals surface area contributed by atoms with E-state index in [2.05, 4.69) is 5.32 Å². The Morgan fingerprint density at radius 2 is 1.89 bits per heavy atom. The summed E-state index contributed by atoms with van der Waals surface area (Å²) in [5.74, 6) is -0.245. The standard InChI is InChI=1S/C14H12Cl2N2O/c15-10-5-6-13(12(16)7-10)18-14(19)11-4-2-1-3-9(11)8-17/h1-7H,8,17H2,(H,18,19). The second-order valence-corrected chi connectivity index (χ2v) is 4.78. The van der Waals surface area contributed by atoms with E-state index in [-0.39, 0.29) is 5.91 Å². The molecule has 0 saturated heterocycles. The minimum Gasteiger partial charge on any atom is -0.326 e. The van der Waals surface area contributed by atoms with Crippen molar-refractivity contribution in [3.05, 3.63) is 63.6 Å². The summed E-state index contributed by atoms with van der Waals surface area (Å²) in [5, 5.41) is 3.66. The number of hydrogen-bond donors (Lipinski definition) is 2. The van der Waals surface area contributed by atoms with Crippen molar-refractivity contribution in [1.82, 2.24) is 0 Å². The molecule has 2 rings (SSSR count). The van der Waals surface area contributed by atoms with Crippen LogP contribution in [-0.4, -0.2) is 5.91 Å². The summed E-state index contributed by atoms with van der Waals surface area (Å²) in [4.78, 5) is 12.2. The van der Waals surface area contributed by atoms with Crippen molar-refractivity contribution in [2.24, 2.45) is 5.73 Å². The number of anilines is 1. The van der Waals surface area contributed by atoms with Gasteiger partial charge in [-0.2, -0.15) is 0 Å². The van der Waals surface area contributed by atoms with Crippen molar-refractivity contribution in [1.29, 1.82) is 0 Å². The number of hydrogen-bond acceptors (Lipinski definition) is 2. The summed E-state index contributed by atoms with van der Waals surface area (Å²) in [7, 11) is 0. The highest BCUT2D eigenvalue weighted by Gasteiger charge is 2.11. The first-order chi connectivity index (χ1) is 9.11. The van der Waals surface area contributed by atoms with Crippen LogP contribution in [0.3, 0.4) is 0 Å². The first kappa shape index (κ1) is 13.9. The van der Waals surface area contributed by atoms with Crippen LogP contribution in [0.25, 0.3) is 0 Å². The molecule has 0 fully saturated rings. The van der Waals surface area contributed by atoms with Crippen LogP contribution in [0.15, 0.2) is 42.5 Å². The molecule has 0 bridgehead atoms. The highest BCUT2D eigenvalue weighted by molar-refractivity contribution is 6.36. The largest absolute Gasteiger partial charge is 0.326 e. The zero-order valence-electron chi connectivity index (χ0n) is 9.99. The first-order valence-electron chi connectivity index (χ1n) is 5.66. The van der Waals surface area contributed by atoms with Gasteiger partial charge in [-0.3, -0.25) is 4.79 Å². The maximum atomic E-state index is 12.2. The van der Waals surface area contributed by atoms with Crippen molar-refractivity contribution in [3.63, 3.8) is 0 Å². The van der Waals surface area contributed by atoms with Crippen LogP contribution in [0.1, 0.15) is 15.9 Å².